The second-order valence-corrected chi connectivity index (χ2v) is 2.66. The molecule has 42 valence electrons. The van der Waals surface area contributed by atoms with E-state index in [-0.39, 0.29) is 24.3 Å². The average molecular weight is 218 g/mol. The summed E-state index contributed by atoms with van der Waals surface area (Å²) in [5.41, 5.74) is 0. The van der Waals surface area contributed by atoms with Gasteiger partial charge in [0.1, 0.15) is 0 Å². The topological polar surface area (TPSA) is 121 Å². The zero-order valence-electron chi connectivity index (χ0n) is 2.55. The Morgan fingerprint density at radius 3 is 1.14 bits per heavy atom. The molecule has 0 radical (unpaired) electrons. The summed E-state index contributed by atoms with van der Waals surface area (Å²) in [5.74, 6) is 0. The molecular weight excluding hydrogens is 214 g/mol. The van der Waals surface area contributed by atoms with Gasteiger partial charge in [-0.3, -0.25) is 10.3 Å². The van der Waals surface area contributed by atoms with E-state index in [1.165, 1.54) is 0 Å². The maximum absolute atomic E-state index is 8.73. The third kappa shape index (κ3) is 147. The van der Waals surface area contributed by atoms with Crippen LogP contribution in [-0.4, -0.2) is 27.8 Å². The van der Waals surface area contributed by atoms with Crippen molar-refractivity contribution in [1.82, 2.24) is 0 Å². The molecule has 0 fully saturated rings. The van der Waals surface area contributed by atoms with Crippen LogP contribution in [0, 0.1) is 0 Å². The minimum absolute atomic E-state index is 0. The number of hydrogen-bond acceptors (Lipinski definition) is 4. The SMILES string of the molecule is O.[LiH].[O-][I+3]([O-])([O-])O. The predicted molar refractivity (Wildman–Crippen MR) is 13.0 cm³/mol. The average Bonchev–Trinajstić information content (AvgIpc) is 0.722. The largest absolute Gasteiger partial charge is 0.368 e. The molecule has 0 unspecified atom stereocenters. The van der Waals surface area contributed by atoms with Gasteiger partial charge in [-0.2, -0.15) is 0 Å². The van der Waals surface area contributed by atoms with Gasteiger partial charge in [0.2, 0.25) is 0 Å². The molecule has 0 aliphatic heterocycles. The van der Waals surface area contributed by atoms with Crippen molar-refractivity contribution in [2.45, 2.75) is 0 Å². The van der Waals surface area contributed by atoms with E-state index in [0.717, 1.165) is 0 Å². The molecule has 0 aromatic heterocycles. The summed E-state index contributed by atoms with van der Waals surface area (Å²) in [6.07, 6.45) is 0. The maximum atomic E-state index is 8.73. The molecule has 0 aliphatic rings. The van der Waals surface area contributed by atoms with Crippen molar-refractivity contribution in [2.75, 3.05) is 0 Å². The molecule has 0 amide bonds. The van der Waals surface area contributed by atoms with Gasteiger partial charge in [0.15, 0.2) is 0 Å². The van der Waals surface area contributed by atoms with E-state index in [0.29, 0.717) is 0 Å². The van der Waals surface area contributed by atoms with E-state index < -0.39 is 20.1 Å². The van der Waals surface area contributed by atoms with Gasteiger partial charge in [-0.1, -0.05) is 0 Å². The molecule has 0 aromatic rings. The first-order valence-corrected chi connectivity index (χ1v) is 4.24. The van der Waals surface area contributed by atoms with Crippen LogP contribution in [0.5, 0.6) is 0 Å². The maximum Gasteiger partial charge on any atom is 0.368 e. The van der Waals surface area contributed by atoms with Crippen molar-refractivity contribution >= 4 is 18.9 Å². The van der Waals surface area contributed by atoms with Crippen molar-refractivity contribution in [3.8, 4) is 0 Å². The molecule has 0 heterocycles. The van der Waals surface area contributed by atoms with Crippen LogP contribution in [0.3, 0.4) is 0 Å². The third-order valence-electron chi connectivity index (χ3n) is 0. The Hall–Kier alpha value is 1.13. The van der Waals surface area contributed by atoms with Gasteiger partial charge < -0.3 is 5.48 Å². The van der Waals surface area contributed by atoms with Crippen LogP contribution in [0.1, 0.15) is 0 Å². The fourth-order valence-electron chi connectivity index (χ4n) is 0. The van der Waals surface area contributed by atoms with Crippen LogP contribution >= 0.6 is 0 Å². The summed E-state index contributed by atoms with van der Waals surface area (Å²) in [4.78, 5) is 0. The Balaban J connectivity index is -0.0000000800. The van der Waals surface area contributed by atoms with E-state index in [1.807, 2.05) is 0 Å². The molecule has 0 aliphatic carbocycles. The smallest absolute Gasteiger partial charge is 0.256 e. The molecule has 0 saturated carbocycles. The van der Waals surface area contributed by atoms with E-state index in [2.05, 4.69) is 0 Å². The summed E-state index contributed by atoms with van der Waals surface area (Å²) in [5, 5.41) is 0. The molecule has 0 bridgehead atoms. The first-order chi connectivity index (χ1) is 2.00. The van der Waals surface area contributed by atoms with E-state index >= 15 is 0 Å². The third-order valence-corrected chi connectivity index (χ3v) is 0. The van der Waals surface area contributed by atoms with E-state index in [4.69, 9.17) is 13.7 Å². The second-order valence-electron chi connectivity index (χ2n) is 0.396. The number of halogens is 1. The number of rotatable bonds is 0. The minimum atomic E-state index is -5.69. The zero-order chi connectivity index (χ0) is 4.50. The molecule has 5 nitrogen and oxygen atoms in total. The molecule has 0 atom stereocenters. The normalized spacial score (nSPS) is 8.57. The number of hydrogen-bond donors (Lipinski definition) is 1. The summed E-state index contributed by atoms with van der Waals surface area (Å²) >= 11 is -5.69. The van der Waals surface area contributed by atoms with Crippen LogP contribution in [0.25, 0.3) is 0 Å². The summed E-state index contributed by atoms with van der Waals surface area (Å²) in [7, 11) is 0. The van der Waals surface area contributed by atoms with Gasteiger partial charge in [0.05, 0.1) is 0 Å². The molecule has 0 rings (SSSR count). The molecular formula is H4ILiO5. The van der Waals surface area contributed by atoms with Crippen molar-refractivity contribution in [1.29, 1.82) is 0 Å². The van der Waals surface area contributed by atoms with Crippen molar-refractivity contribution in [2.24, 2.45) is 0 Å². The molecule has 7 heteroatoms. The van der Waals surface area contributed by atoms with Crippen LogP contribution in [0.15, 0.2) is 0 Å². The van der Waals surface area contributed by atoms with Gasteiger partial charge in [0, 0.05) is 3.44 Å². The Kier molecular flexibility index (Phi) is 11.8. The van der Waals surface area contributed by atoms with Gasteiger partial charge >= 0.3 is 39.0 Å². The first-order valence-electron chi connectivity index (χ1n) is 0.632. The molecule has 0 saturated heterocycles. The standard InChI is InChI=1S/HIO4.Li.H2O.H/c2-1(3,4)5;;;/h2H;;1H2;. The predicted octanol–water partition coefficient (Wildman–Crippen LogP) is -8.59. The van der Waals surface area contributed by atoms with Gasteiger partial charge in [-0.05, 0) is 0 Å². The molecule has 7 heavy (non-hydrogen) atoms. The fourth-order valence-corrected chi connectivity index (χ4v) is 0. The quantitative estimate of drug-likeness (QED) is 0.320. The molecule has 0 spiro atoms. The Labute approximate surface area is 58.2 Å². The van der Waals surface area contributed by atoms with Gasteiger partial charge in [0.25, 0.3) is 0 Å². The van der Waals surface area contributed by atoms with Gasteiger partial charge in [-0.25, -0.2) is 0 Å². The van der Waals surface area contributed by atoms with Crippen LogP contribution in [0.2, 0.25) is 0 Å². The molecule has 0 aromatic carbocycles. The van der Waals surface area contributed by atoms with E-state index in [9.17, 15) is 0 Å². The monoisotopic (exact) mass is 218 g/mol. The van der Waals surface area contributed by atoms with Gasteiger partial charge in [-0.15, -0.1) is 0 Å². The Morgan fingerprint density at radius 2 is 1.14 bits per heavy atom. The summed E-state index contributed by atoms with van der Waals surface area (Å²) < 4.78 is 33.2. The minimum Gasteiger partial charge on any atom is -0.256 e. The molecule has 3 N–H and O–H groups in total. The van der Waals surface area contributed by atoms with Crippen LogP contribution in [0.4, 0.5) is 0 Å². The van der Waals surface area contributed by atoms with Crippen LogP contribution < -0.4 is 30.4 Å². The van der Waals surface area contributed by atoms with E-state index in [1.54, 1.807) is 0 Å². The van der Waals surface area contributed by atoms with Crippen LogP contribution in [-0.2, 0) is 0 Å². The first kappa shape index (κ1) is 15.7. The summed E-state index contributed by atoms with van der Waals surface area (Å²) in [6.45, 7) is 0. The zero-order valence-corrected chi connectivity index (χ0v) is 4.71. The van der Waals surface area contributed by atoms with Crippen molar-refractivity contribution in [3.63, 3.8) is 0 Å². The van der Waals surface area contributed by atoms with Crippen molar-refractivity contribution < 1.29 is 39.3 Å². The Morgan fingerprint density at radius 1 is 1.14 bits per heavy atom. The van der Waals surface area contributed by atoms with Crippen molar-refractivity contribution in [3.05, 3.63) is 0 Å². The second kappa shape index (κ2) is 5.27. The summed E-state index contributed by atoms with van der Waals surface area (Å²) in [6, 6.07) is 0. The fraction of sp³-hybridized carbons (Fsp3) is 0. The Bertz CT molecular complexity index is 23.6.